The van der Waals surface area contributed by atoms with E-state index in [1.165, 1.54) is 0 Å². The molecule has 7 heteroatoms. The number of fused-ring (bicyclic) bond motifs is 1. The summed E-state index contributed by atoms with van der Waals surface area (Å²) in [7, 11) is 0. The molecule has 0 aromatic carbocycles. The van der Waals surface area contributed by atoms with Crippen molar-refractivity contribution in [1.82, 2.24) is 20.2 Å². The number of hydrogen-bond donors (Lipinski definition) is 2. The average Bonchev–Trinajstić information content (AvgIpc) is 3.18. The minimum absolute atomic E-state index is 0.0889. The standard InChI is InChI=1S/C18H28N4O3/c1-18(2,3)21-17(24)15-20-14(13-8-4-5-9-22(13)15)16(23)19-11-12-7-6-10-25-12/h12H,4-11H2,1-3H3,(H,19,23)(H,21,24). The van der Waals surface area contributed by atoms with Gasteiger partial charge in [-0.15, -0.1) is 0 Å². The predicted molar refractivity (Wildman–Crippen MR) is 93.7 cm³/mol. The SMILES string of the molecule is CC(C)(C)NC(=O)c1nc(C(=O)NCC2CCCO2)c2n1CCCC2. The first-order chi connectivity index (χ1) is 11.8. The second-order valence-electron chi connectivity index (χ2n) is 7.89. The van der Waals surface area contributed by atoms with Gasteiger partial charge in [-0.3, -0.25) is 9.59 Å². The van der Waals surface area contributed by atoms with Crippen LogP contribution < -0.4 is 10.6 Å². The third-order valence-electron chi connectivity index (χ3n) is 4.54. The van der Waals surface area contributed by atoms with Crippen molar-refractivity contribution in [1.29, 1.82) is 0 Å². The highest BCUT2D eigenvalue weighted by atomic mass is 16.5. The van der Waals surface area contributed by atoms with Gasteiger partial charge in [0.05, 0.1) is 11.8 Å². The van der Waals surface area contributed by atoms with Gasteiger partial charge in [0.2, 0.25) is 0 Å². The summed E-state index contributed by atoms with van der Waals surface area (Å²) in [6.07, 6.45) is 4.89. The molecule has 25 heavy (non-hydrogen) atoms. The first kappa shape index (κ1) is 17.9. The van der Waals surface area contributed by atoms with Gasteiger partial charge in [0.15, 0.2) is 5.82 Å². The molecule has 2 amide bonds. The van der Waals surface area contributed by atoms with E-state index in [1.807, 2.05) is 25.3 Å². The average molecular weight is 348 g/mol. The zero-order valence-electron chi connectivity index (χ0n) is 15.4. The van der Waals surface area contributed by atoms with E-state index in [0.29, 0.717) is 18.1 Å². The van der Waals surface area contributed by atoms with Crippen LogP contribution in [0.5, 0.6) is 0 Å². The number of aromatic nitrogens is 2. The van der Waals surface area contributed by atoms with Crippen LogP contribution >= 0.6 is 0 Å². The number of amides is 2. The Morgan fingerprint density at radius 3 is 2.72 bits per heavy atom. The highest BCUT2D eigenvalue weighted by Gasteiger charge is 2.29. The van der Waals surface area contributed by atoms with Crippen molar-refractivity contribution >= 4 is 11.8 Å². The maximum absolute atomic E-state index is 12.6. The third kappa shape index (κ3) is 4.21. The Kier molecular flexibility index (Phi) is 5.13. The molecular weight excluding hydrogens is 320 g/mol. The molecule has 1 fully saturated rings. The molecule has 1 unspecified atom stereocenters. The van der Waals surface area contributed by atoms with Crippen LogP contribution in [0.4, 0.5) is 0 Å². The lowest BCUT2D eigenvalue weighted by Gasteiger charge is -2.22. The molecule has 0 spiro atoms. The predicted octanol–water partition coefficient (Wildman–Crippen LogP) is 1.66. The quantitative estimate of drug-likeness (QED) is 0.866. The van der Waals surface area contributed by atoms with Crippen molar-refractivity contribution in [2.45, 2.75) is 71.1 Å². The lowest BCUT2D eigenvalue weighted by molar-refractivity contribution is 0.0853. The van der Waals surface area contributed by atoms with E-state index in [-0.39, 0.29) is 23.5 Å². The first-order valence-electron chi connectivity index (χ1n) is 9.17. The molecule has 1 aromatic heterocycles. The molecule has 1 saturated heterocycles. The molecule has 0 radical (unpaired) electrons. The van der Waals surface area contributed by atoms with Gasteiger partial charge in [0, 0.05) is 25.2 Å². The largest absolute Gasteiger partial charge is 0.376 e. The van der Waals surface area contributed by atoms with Crippen LogP contribution in [0.25, 0.3) is 0 Å². The van der Waals surface area contributed by atoms with Crippen LogP contribution in [0.2, 0.25) is 0 Å². The molecule has 138 valence electrons. The van der Waals surface area contributed by atoms with Gasteiger partial charge in [0.1, 0.15) is 5.69 Å². The topological polar surface area (TPSA) is 85.2 Å². The van der Waals surface area contributed by atoms with Crippen molar-refractivity contribution in [2.24, 2.45) is 0 Å². The van der Waals surface area contributed by atoms with Gasteiger partial charge in [0.25, 0.3) is 11.8 Å². The van der Waals surface area contributed by atoms with Crippen LogP contribution in [0.3, 0.4) is 0 Å². The number of nitrogens with zero attached hydrogens (tertiary/aromatic N) is 2. The number of nitrogens with one attached hydrogen (secondary N) is 2. The van der Waals surface area contributed by atoms with Gasteiger partial charge in [-0.05, 0) is 52.9 Å². The van der Waals surface area contributed by atoms with Crippen LogP contribution in [-0.2, 0) is 17.7 Å². The summed E-state index contributed by atoms with van der Waals surface area (Å²) >= 11 is 0. The number of imidazole rings is 1. The Balaban J connectivity index is 1.79. The number of hydrogen-bond acceptors (Lipinski definition) is 4. The van der Waals surface area contributed by atoms with Crippen molar-refractivity contribution in [3.05, 3.63) is 17.2 Å². The fraction of sp³-hybridized carbons (Fsp3) is 0.722. The van der Waals surface area contributed by atoms with Crippen molar-refractivity contribution < 1.29 is 14.3 Å². The van der Waals surface area contributed by atoms with E-state index in [4.69, 9.17) is 4.74 Å². The molecule has 7 nitrogen and oxygen atoms in total. The summed E-state index contributed by atoms with van der Waals surface area (Å²) in [5.74, 6) is -0.100. The summed E-state index contributed by atoms with van der Waals surface area (Å²) in [6, 6.07) is 0. The molecule has 1 aromatic rings. The first-order valence-corrected chi connectivity index (χ1v) is 9.17. The summed E-state index contributed by atoms with van der Waals surface area (Å²) in [4.78, 5) is 29.6. The van der Waals surface area contributed by atoms with E-state index in [9.17, 15) is 9.59 Å². The van der Waals surface area contributed by atoms with Crippen LogP contribution in [0.15, 0.2) is 0 Å². The molecule has 3 rings (SSSR count). The molecule has 3 heterocycles. The number of carbonyl (C=O) groups is 2. The van der Waals surface area contributed by atoms with Crippen molar-refractivity contribution in [3.8, 4) is 0 Å². The summed E-state index contributed by atoms with van der Waals surface area (Å²) in [5.41, 5.74) is 0.910. The van der Waals surface area contributed by atoms with Crippen LogP contribution in [-0.4, -0.2) is 46.2 Å². The van der Waals surface area contributed by atoms with Crippen molar-refractivity contribution in [3.63, 3.8) is 0 Å². The number of ether oxygens (including phenoxy) is 1. The highest BCUT2D eigenvalue weighted by molar-refractivity contribution is 5.97. The third-order valence-corrected chi connectivity index (χ3v) is 4.54. The second-order valence-corrected chi connectivity index (χ2v) is 7.89. The van der Waals surface area contributed by atoms with Crippen molar-refractivity contribution in [2.75, 3.05) is 13.2 Å². The zero-order valence-corrected chi connectivity index (χ0v) is 15.4. The molecule has 2 N–H and O–H groups in total. The van der Waals surface area contributed by atoms with E-state index < -0.39 is 0 Å². The molecule has 2 aliphatic rings. The van der Waals surface area contributed by atoms with Gasteiger partial charge < -0.3 is 19.9 Å². The van der Waals surface area contributed by atoms with Crippen LogP contribution in [0, 0.1) is 0 Å². The highest BCUT2D eigenvalue weighted by Crippen LogP contribution is 2.22. The molecule has 0 bridgehead atoms. The Labute approximate surface area is 148 Å². The maximum Gasteiger partial charge on any atom is 0.287 e. The molecule has 2 aliphatic heterocycles. The summed E-state index contributed by atoms with van der Waals surface area (Å²) in [6.45, 7) is 7.78. The normalized spacial score (nSPS) is 20.2. The molecule has 1 atom stereocenters. The minimum Gasteiger partial charge on any atom is -0.376 e. The Bertz CT molecular complexity index is 654. The Morgan fingerprint density at radius 1 is 1.24 bits per heavy atom. The molecule has 0 saturated carbocycles. The van der Waals surface area contributed by atoms with Gasteiger partial charge >= 0.3 is 0 Å². The van der Waals surface area contributed by atoms with E-state index in [0.717, 1.165) is 50.9 Å². The summed E-state index contributed by atoms with van der Waals surface area (Å²) in [5, 5.41) is 5.86. The number of rotatable bonds is 4. The zero-order chi connectivity index (χ0) is 18.0. The van der Waals surface area contributed by atoms with Gasteiger partial charge in [-0.1, -0.05) is 0 Å². The maximum atomic E-state index is 12.6. The number of carbonyl (C=O) groups excluding carboxylic acids is 2. The fourth-order valence-electron chi connectivity index (χ4n) is 3.39. The molecular formula is C18H28N4O3. The second kappa shape index (κ2) is 7.15. The van der Waals surface area contributed by atoms with E-state index in [2.05, 4.69) is 15.6 Å². The monoisotopic (exact) mass is 348 g/mol. The molecule has 0 aliphatic carbocycles. The lowest BCUT2D eigenvalue weighted by atomic mass is 10.1. The van der Waals surface area contributed by atoms with Crippen LogP contribution in [0.1, 0.15) is 73.3 Å². The smallest absolute Gasteiger partial charge is 0.287 e. The van der Waals surface area contributed by atoms with E-state index in [1.54, 1.807) is 0 Å². The van der Waals surface area contributed by atoms with Gasteiger partial charge in [-0.2, -0.15) is 0 Å². The lowest BCUT2D eigenvalue weighted by Crippen LogP contribution is -2.42. The van der Waals surface area contributed by atoms with Gasteiger partial charge in [-0.25, -0.2) is 4.98 Å². The Hall–Kier alpha value is -1.89. The van der Waals surface area contributed by atoms with E-state index >= 15 is 0 Å². The minimum atomic E-state index is -0.347. The fourth-order valence-corrected chi connectivity index (χ4v) is 3.39. The summed E-state index contributed by atoms with van der Waals surface area (Å²) < 4.78 is 7.45. The Morgan fingerprint density at radius 2 is 2.04 bits per heavy atom.